The molecule has 0 unspecified atom stereocenters. The number of anilines is 3. The summed E-state index contributed by atoms with van der Waals surface area (Å²) in [5.74, 6) is 0.747. The molecule has 0 saturated carbocycles. The lowest BCUT2D eigenvalue weighted by Crippen LogP contribution is -2.30. The number of nitrogens with zero attached hydrogens (tertiary/aromatic N) is 2. The third-order valence-electron chi connectivity index (χ3n) is 5.01. The predicted octanol–water partition coefficient (Wildman–Crippen LogP) is 5.64. The van der Waals surface area contributed by atoms with Gasteiger partial charge in [-0.05, 0) is 30.5 Å². The van der Waals surface area contributed by atoms with Gasteiger partial charge in [0, 0.05) is 17.3 Å². The first-order valence-corrected chi connectivity index (χ1v) is 9.94. The number of halogens is 3. The van der Waals surface area contributed by atoms with Gasteiger partial charge < -0.3 is 15.7 Å². The second-order valence-corrected chi connectivity index (χ2v) is 7.61. The molecule has 1 atom stereocenters. The molecule has 0 fully saturated rings. The number of rotatable bonds is 7. The van der Waals surface area contributed by atoms with Crippen molar-refractivity contribution in [1.29, 1.82) is 0 Å². The van der Waals surface area contributed by atoms with E-state index in [1.165, 1.54) is 13.0 Å². The molecule has 1 aromatic heterocycles. The molecule has 2 aromatic carbocycles. The maximum Gasteiger partial charge on any atom is 0.416 e. The summed E-state index contributed by atoms with van der Waals surface area (Å²) in [6, 6.07) is 14.8. The van der Waals surface area contributed by atoms with Crippen LogP contribution in [0.25, 0.3) is 11.3 Å². The average Bonchev–Trinajstić information content (AvgIpc) is 2.73. The van der Waals surface area contributed by atoms with Crippen LogP contribution in [0.3, 0.4) is 0 Å². The lowest BCUT2D eigenvalue weighted by Gasteiger charge is -2.21. The minimum absolute atomic E-state index is 0.0831. The Hall–Kier alpha value is -3.13. The number of aliphatic hydroxyl groups excluding tert-OH is 1. The molecule has 0 aliphatic carbocycles. The summed E-state index contributed by atoms with van der Waals surface area (Å²) in [5.41, 5.74) is 1.13. The molecule has 1 heterocycles. The predicted molar refractivity (Wildman–Crippen MR) is 116 cm³/mol. The van der Waals surface area contributed by atoms with Crippen LogP contribution in [-0.4, -0.2) is 27.7 Å². The van der Waals surface area contributed by atoms with Crippen molar-refractivity contribution in [2.45, 2.75) is 33.0 Å². The molecule has 3 aromatic rings. The molecule has 0 amide bonds. The lowest BCUT2D eigenvalue weighted by molar-refractivity contribution is -0.138. The van der Waals surface area contributed by atoms with Gasteiger partial charge in [-0.2, -0.15) is 18.2 Å². The summed E-state index contributed by atoms with van der Waals surface area (Å²) in [4.78, 5) is 8.97. The van der Waals surface area contributed by atoms with Crippen LogP contribution < -0.4 is 10.6 Å². The molecule has 0 saturated heterocycles. The number of hydrogen-bond donors (Lipinski definition) is 3. The van der Waals surface area contributed by atoms with Gasteiger partial charge >= 0.3 is 6.18 Å². The van der Waals surface area contributed by atoms with Crippen LogP contribution in [0.15, 0.2) is 54.6 Å². The van der Waals surface area contributed by atoms with Crippen LogP contribution in [0.4, 0.5) is 30.6 Å². The quantitative estimate of drug-likeness (QED) is 0.452. The number of aromatic nitrogens is 2. The van der Waals surface area contributed by atoms with Gasteiger partial charge in [0.2, 0.25) is 5.95 Å². The van der Waals surface area contributed by atoms with Crippen molar-refractivity contribution in [3.8, 4) is 11.3 Å². The Morgan fingerprint density at radius 3 is 2.32 bits per heavy atom. The highest BCUT2D eigenvalue weighted by Crippen LogP contribution is 2.35. The van der Waals surface area contributed by atoms with E-state index in [2.05, 4.69) is 20.6 Å². The number of hydrogen-bond acceptors (Lipinski definition) is 5. The third kappa shape index (κ3) is 5.52. The van der Waals surface area contributed by atoms with Crippen molar-refractivity contribution in [3.05, 3.63) is 65.7 Å². The van der Waals surface area contributed by atoms with Gasteiger partial charge in [0.05, 0.1) is 23.9 Å². The molecule has 0 spiro atoms. The van der Waals surface area contributed by atoms with Crippen LogP contribution in [0, 0.1) is 12.8 Å². The largest absolute Gasteiger partial charge is 0.416 e. The molecule has 3 rings (SSSR count). The fourth-order valence-electron chi connectivity index (χ4n) is 3.14. The van der Waals surface area contributed by atoms with E-state index in [1.807, 2.05) is 44.2 Å². The highest BCUT2D eigenvalue weighted by atomic mass is 19.4. The summed E-state index contributed by atoms with van der Waals surface area (Å²) in [5, 5.41) is 15.8. The Labute approximate surface area is 179 Å². The van der Waals surface area contributed by atoms with Crippen LogP contribution in [0.2, 0.25) is 0 Å². The average molecular weight is 430 g/mol. The lowest BCUT2D eigenvalue weighted by atomic mass is 10.1. The molecular weight excluding hydrogens is 405 g/mol. The van der Waals surface area contributed by atoms with Crippen molar-refractivity contribution in [3.63, 3.8) is 0 Å². The van der Waals surface area contributed by atoms with Crippen LogP contribution in [-0.2, 0) is 6.18 Å². The van der Waals surface area contributed by atoms with Crippen molar-refractivity contribution >= 4 is 17.5 Å². The molecule has 5 nitrogen and oxygen atoms in total. The zero-order chi connectivity index (χ0) is 22.6. The molecule has 8 heteroatoms. The Morgan fingerprint density at radius 2 is 1.71 bits per heavy atom. The molecule has 0 bridgehead atoms. The van der Waals surface area contributed by atoms with E-state index < -0.39 is 11.7 Å². The van der Waals surface area contributed by atoms with Crippen LogP contribution in [0.1, 0.15) is 25.0 Å². The second kappa shape index (κ2) is 9.34. The number of benzene rings is 2. The fraction of sp³-hybridized carbons (Fsp3) is 0.304. The zero-order valence-electron chi connectivity index (χ0n) is 17.5. The highest BCUT2D eigenvalue weighted by Gasteiger charge is 2.33. The van der Waals surface area contributed by atoms with Crippen molar-refractivity contribution in [2.75, 3.05) is 17.2 Å². The maximum atomic E-state index is 13.3. The Bertz CT molecular complexity index is 1020. The number of alkyl halides is 3. The van der Waals surface area contributed by atoms with E-state index >= 15 is 0 Å². The summed E-state index contributed by atoms with van der Waals surface area (Å²) in [7, 11) is 0. The van der Waals surface area contributed by atoms with Gasteiger partial charge in [-0.1, -0.05) is 50.2 Å². The SMILES string of the molecule is Cc1c(Nc2cc(-c3ccccc3)nc(N[C@@H](CO)C(C)C)n2)cccc1C(F)(F)F. The van der Waals surface area contributed by atoms with Crippen LogP contribution >= 0.6 is 0 Å². The summed E-state index contributed by atoms with van der Waals surface area (Å²) in [6.07, 6.45) is -4.44. The van der Waals surface area contributed by atoms with Gasteiger partial charge in [-0.25, -0.2) is 4.98 Å². The Kier molecular flexibility index (Phi) is 6.80. The highest BCUT2D eigenvalue weighted by molar-refractivity contribution is 5.69. The monoisotopic (exact) mass is 430 g/mol. The third-order valence-corrected chi connectivity index (χ3v) is 5.01. The Balaban J connectivity index is 2.03. The molecule has 3 N–H and O–H groups in total. The van der Waals surface area contributed by atoms with E-state index in [0.29, 0.717) is 17.2 Å². The maximum absolute atomic E-state index is 13.3. The normalized spacial score (nSPS) is 12.6. The minimum atomic E-state index is -4.44. The van der Waals surface area contributed by atoms with Gasteiger partial charge in [0.1, 0.15) is 5.82 Å². The smallest absolute Gasteiger partial charge is 0.394 e. The van der Waals surface area contributed by atoms with E-state index in [-0.39, 0.29) is 30.1 Å². The minimum Gasteiger partial charge on any atom is -0.394 e. The van der Waals surface area contributed by atoms with Gasteiger partial charge in [0.25, 0.3) is 0 Å². The van der Waals surface area contributed by atoms with E-state index in [9.17, 15) is 18.3 Å². The molecule has 164 valence electrons. The molecular formula is C23H25F3N4O. The number of aliphatic hydroxyl groups is 1. The van der Waals surface area contributed by atoms with E-state index in [1.54, 1.807) is 12.1 Å². The Morgan fingerprint density at radius 1 is 1.00 bits per heavy atom. The molecule has 31 heavy (non-hydrogen) atoms. The summed E-state index contributed by atoms with van der Waals surface area (Å²) in [6.45, 7) is 5.23. The standard InChI is InChI=1S/C23H25F3N4O/c1-14(2)20(13-31)29-22-28-19(16-8-5-4-6-9-16)12-21(30-22)27-18-11-7-10-17(15(18)3)23(24,25)26/h4-12,14,20,31H,13H2,1-3H3,(H2,27,28,29,30)/t20-/m0/s1. The first kappa shape index (κ1) is 22.6. The molecule has 0 aliphatic heterocycles. The van der Waals surface area contributed by atoms with Gasteiger partial charge in [-0.3, -0.25) is 0 Å². The van der Waals surface area contributed by atoms with Crippen LogP contribution in [0.5, 0.6) is 0 Å². The molecule has 0 radical (unpaired) electrons. The summed E-state index contributed by atoms with van der Waals surface area (Å²) >= 11 is 0. The first-order valence-electron chi connectivity index (χ1n) is 9.94. The van der Waals surface area contributed by atoms with Crippen molar-refractivity contribution in [1.82, 2.24) is 9.97 Å². The molecule has 0 aliphatic rings. The van der Waals surface area contributed by atoms with E-state index in [4.69, 9.17) is 0 Å². The second-order valence-electron chi connectivity index (χ2n) is 7.61. The number of nitrogens with one attached hydrogen (secondary N) is 2. The van der Waals surface area contributed by atoms with E-state index in [0.717, 1.165) is 11.6 Å². The fourth-order valence-corrected chi connectivity index (χ4v) is 3.14. The topological polar surface area (TPSA) is 70.1 Å². The van der Waals surface area contributed by atoms with Gasteiger partial charge in [-0.15, -0.1) is 0 Å². The van der Waals surface area contributed by atoms with Gasteiger partial charge in [0.15, 0.2) is 0 Å². The van der Waals surface area contributed by atoms with Crippen molar-refractivity contribution in [2.24, 2.45) is 5.92 Å². The van der Waals surface area contributed by atoms with Crippen molar-refractivity contribution < 1.29 is 18.3 Å². The summed E-state index contributed by atoms with van der Waals surface area (Å²) < 4.78 is 39.9. The zero-order valence-corrected chi connectivity index (χ0v) is 17.5. The first-order chi connectivity index (χ1) is 14.7.